The third kappa shape index (κ3) is 4.89. The van der Waals surface area contributed by atoms with E-state index in [0.29, 0.717) is 27.9 Å². The number of rotatable bonds is 6. The van der Waals surface area contributed by atoms with Crippen LogP contribution in [0.5, 0.6) is 0 Å². The van der Waals surface area contributed by atoms with E-state index in [9.17, 15) is 22.8 Å². The van der Waals surface area contributed by atoms with Crippen molar-refractivity contribution in [3.8, 4) is 0 Å². The quantitative estimate of drug-likeness (QED) is 0.339. The average molecular weight is 549 g/mol. The number of nitrogens with zero attached hydrogens (tertiary/aromatic N) is 4. The predicted molar refractivity (Wildman–Crippen MR) is 138 cm³/mol. The van der Waals surface area contributed by atoms with Crippen LogP contribution in [0.15, 0.2) is 47.5 Å². The van der Waals surface area contributed by atoms with Crippen LogP contribution in [0.3, 0.4) is 0 Å². The van der Waals surface area contributed by atoms with Crippen molar-refractivity contribution in [2.24, 2.45) is 0 Å². The second kappa shape index (κ2) is 9.49. The van der Waals surface area contributed by atoms with Crippen LogP contribution in [0.1, 0.15) is 36.0 Å². The predicted octanol–water partition coefficient (Wildman–Crippen LogP) is 6.28. The van der Waals surface area contributed by atoms with Crippen molar-refractivity contribution in [3.63, 3.8) is 0 Å². The molecule has 0 atom stereocenters. The number of likely N-dealkylation sites (N-methyl/N-ethyl adjacent to an activating group) is 1. The van der Waals surface area contributed by atoms with E-state index in [2.05, 4.69) is 10.00 Å². The minimum atomic E-state index is -4.54. The van der Waals surface area contributed by atoms with Crippen molar-refractivity contribution in [2.75, 3.05) is 20.6 Å². The number of hydrogen-bond donors (Lipinski definition) is 0. The summed E-state index contributed by atoms with van der Waals surface area (Å²) in [6.07, 6.45) is 1.67. The van der Waals surface area contributed by atoms with E-state index in [-0.39, 0.29) is 33.8 Å². The fraction of sp³-hybridized carbons (Fsp3) is 0.346. The zero-order valence-electron chi connectivity index (χ0n) is 20.2. The van der Waals surface area contributed by atoms with E-state index in [0.717, 1.165) is 37.1 Å². The standard InChI is InChI=1S/C26H24ClF3N4O2S/c1-32(2)25(8-3-9-25)15-33-23(35)22(37-24(33)36)11-16-4-7-21-18(10-16)13-31-34(21)14-17-5-6-19(27)12-20(17)26(28,29)30/h4-7,10-13H,3,8-9,14-15H2,1-2H3/b22-11-. The van der Waals surface area contributed by atoms with Crippen molar-refractivity contribution in [3.05, 3.63) is 69.2 Å². The molecule has 2 heterocycles. The Morgan fingerprint density at radius 3 is 2.57 bits per heavy atom. The number of thioether (sulfide) groups is 1. The molecule has 2 aromatic carbocycles. The Balaban J connectivity index is 1.38. The molecule has 5 rings (SSSR count). The highest BCUT2D eigenvalue weighted by molar-refractivity contribution is 8.18. The molecule has 194 valence electrons. The third-order valence-electron chi connectivity index (χ3n) is 7.22. The highest BCUT2D eigenvalue weighted by Gasteiger charge is 2.46. The Kier molecular flexibility index (Phi) is 6.62. The van der Waals surface area contributed by atoms with Gasteiger partial charge in [0.15, 0.2) is 0 Å². The summed E-state index contributed by atoms with van der Waals surface area (Å²) < 4.78 is 42.0. The highest BCUT2D eigenvalue weighted by atomic mass is 35.5. The van der Waals surface area contributed by atoms with Crippen molar-refractivity contribution in [2.45, 2.75) is 37.5 Å². The minimum Gasteiger partial charge on any atom is -0.302 e. The molecule has 1 aliphatic heterocycles. The first kappa shape index (κ1) is 25.8. The third-order valence-corrected chi connectivity index (χ3v) is 8.36. The summed E-state index contributed by atoms with van der Waals surface area (Å²) in [7, 11) is 3.95. The summed E-state index contributed by atoms with van der Waals surface area (Å²) in [5.74, 6) is -0.304. The van der Waals surface area contributed by atoms with E-state index < -0.39 is 11.7 Å². The van der Waals surface area contributed by atoms with E-state index in [1.54, 1.807) is 30.5 Å². The van der Waals surface area contributed by atoms with Gasteiger partial charge < -0.3 is 4.90 Å². The molecular weight excluding hydrogens is 525 g/mol. The lowest BCUT2D eigenvalue weighted by molar-refractivity contribution is -0.138. The monoisotopic (exact) mass is 548 g/mol. The molecule has 0 N–H and O–H groups in total. The fourth-order valence-electron chi connectivity index (χ4n) is 4.85. The topological polar surface area (TPSA) is 58.4 Å². The molecule has 0 radical (unpaired) electrons. The molecule has 2 amide bonds. The maximum absolute atomic E-state index is 13.5. The van der Waals surface area contributed by atoms with Gasteiger partial charge >= 0.3 is 6.18 Å². The highest BCUT2D eigenvalue weighted by Crippen LogP contribution is 2.41. The van der Waals surface area contributed by atoms with Crippen LogP contribution in [-0.2, 0) is 17.5 Å². The molecule has 1 aromatic heterocycles. The molecule has 0 spiro atoms. The maximum Gasteiger partial charge on any atom is 0.416 e. The molecule has 3 aromatic rings. The van der Waals surface area contributed by atoms with Crippen LogP contribution in [0.4, 0.5) is 18.0 Å². The molecule has 37 heavy (non-hydrogen) atoms. The second-order valence-electron chi connectivity index (χ2n) is 9.66. The number of carbonyl (C=O) groups is 2. The lowest BCUT2D eigenvalue weighted by Gasteiger charge is -2.48. The van der Waals surface area contributed by atoms with Crippen molar-refractivity contribution < 1.29 is 22.8 Å². The van der Waals surface area contributed by atoms with Gasteiger partial charge in [0.1, 0.15) is 0 Å². The Hall–Kier alpha value is -2.82. The van der Waals surface area contributed by atoms with E-state index in [1.807, 2.05) is 14.1 Å². The van der Waals surface area contributed by atoms with Gasteiger partial charge in [-0.2, -0.15) is 18.3 Å². The SMILES string of the molecule is CN(C)C1(CN2C(=O)S/C(=C\c3ccc4c(cnn4Cc4ccc(Cl)cc4C(F)(F)F)c3)C2=O)CCC1. The number of hydrogen-bond acceptors (Lipinski definition) is 5. The maximum atomic E-state index is 13.5. The number of fused-ring (bicyclic) bond motifs is 1. The number of amides is 2. The van der Waals surface area contributed by atoms with E-state index >= 15 is 0 Å². The minimum absolute atomic E-state index is 0.0139. The number of carbonyl (C=O) groups excluding carboxylic acids is 2. The molecule has 0 bridgehead atoms. The molecule has 1 saturated carbocycles. The molecule has 0 unspecified atom stereocenters. The molecular formula is C26H24ClF3N4O2S. The zero-order chi connectivity index (χ0) is 26.5. The van der Waals surface area contributed by atoms with Gasteiger partial charge in [0.2, 0.25) is 0 Å². The van der Waals surface area contributed by atoms with E-state index in [4.69, 9.17) is 11.6 Å². The summed E-state index contributed by atoms with van der Waals surface area (Å²) in [5, 5.41) is 4.72. The van der Waals surface area contributed by atoms with Crippen LogP contribution in [-0.4, -0.2) is 56.9 Å². The van der Waals surface area contributed by atoms with Crippen molar-refractivity contribution >= 4 is 51.5 Å². The summed E-state index contributed by atoms with van der Waals surface area (Å²) in [6.45, 7) is 0.291. The van der Waals surface area contributed by atoms with Gasteiger partial charge in [-0.05, 0) is 86.6 Å². The zero-order valence-corrected chi connectivity index (χ0v) is 21.8. The lowest BCUT2D eigenvalue weighted by atomic mass is 9.75. The smallest absolute Gasteiger partial charge is 0.302 e. The Morgan fingerprint density at radius 2 is 1.92 bits per heavy atom. The normalized spacial score (nSPS) is 18.9. The van der Waals surface area contributed by atoms with Crippen LogP contribution < -0.4 is 0 Å². The largest absolute Gasteiger partial charge is 0.416 e. The van der Waals surface area contributed by atoms with Crippen LogP contribution in [0.2, 0.25) is 5.02 Å². The Labute approximate surface area is 221 Å². The van der Waals surface area contributed by atoms with Crippen LogP contribution in [0.25, 0.3) is 17.0 Å². The van der Waals surface area contributed by atoms with E-state index in [1.165, 1.54) is 21.7 Å². The van der Waals surface area contributed by atoms with Gasteiger partial charge in [0.05, 0.1) is 28.7 Å². The number of benzene rings is 2. The van der Waals surface area contributed by atoms with Gasteiger partial charge in [-0.3, -0.25) is 19.2 Å². The molecule has 1 aliphatic carbocycles. The summed E-state index contributed by atoms with van der Waals surface area (Å²) in [5.41, 5.74) is 0.443. The Bertz CT molecular complexity index is 1430. The lowest BCUT2D eigenvalue weighted by Crippen LogP contribution is -2.57. The molecule has 2 aliphatic rings. The van der Waals surface area contributed by atoms with Gasteiger partial charge in [0.25, 0.3) is 11.1 Å². The Morgan fingerprint density at radius 1 is 1.16 bits per heavy atom. The number of halogens is 4. The van der Waals surface area contributed by atoms with Gasteiger partial charge in [0, 0.05) is 22.5 Å². The van der Waals surface area contributed by atoms with Gasteiger partial charge in [-0.15, -0.1) is 0 Å². The van der Waals surface area contributed by atoms with Crippen molar-refractivity contribution in [1.29, 1.82) is 0 Å². The molecule has 1 saturated heterocycles. The summed E-state index contributed by atoms with van der Waals surface area (Å²) in [4.78, 5) is 29.5. The number of imide groups is 1. The first-order chi connectivity index (χ1) is 17.5. The molecule has 11 heteroatoms. The van der Waals surface area contributed by atoms with Gasteiger partial charge in [-0.25, -0.2) is 0 Å². The average Bonchev–Trinajstić information content (AvgIpc) is 3.31. The second-order valence-corrected chi connectivity index (χ2v) is 11.1. The fourth-order valence-corrected chi connectivity index (χ4v) is 5.86. The van der Waals surface area contributed by atoms with Gasteiger partial charge in [-0.1, -0.05) is 23.7 Å². The first-order valence-electron chi connectivity index (χ1n) is 11.7. The summed E-state index contributed by atoms with van der Waals surface area (Å²) in [6, 6.07) is 9.00. The van der Waals surface area contributed by atoms with Crippen molar-refractivity contribution in [1.82, 2.24) is 19.6 Å². The van der Waals surface area contributed by atoms with Crippen LogP contribution >= 0.6 is 23.4 Å². The number of aromatic nitrogens is 2. The molecule has 6 nitrogen and oxygen atoms in total. The molecule has 2 fully saturated rings. The first-order valence-corrected chi connectivity index (χ1v) is 12.9. The van der Waals surface area contributed by atoms with Crippen LogP contribution in [0, 0.1) is 0 Å². The number of alkyl halides is 3. The summed E-state index contributed by atoms with van der Waals surface area (Å²) >= 11 is 6.71.